The van der Waals surface area contributed by atoms with E-state index in [-0.39, 0.29) is 17.4 Å². The lowest BCUT2D eigenvalue weighted by molar-refractivity contribution is 0.180. The summed E-state index contributed by atoms with van der Waals surface area (Å²) in [5.41, 5.74) is 0.872. The first kappa shape index (κ1) is 14.6. The Bertz CT molecular complexity index is 722. The fraction of sp³-hybridized carbons (Fsp3) is 0.571. The molecule has 0 fully saturated rings. The van der Waals surface area contributed by atoms with E-state index < -0.39 is 0 Å². The summed E-state index contributed by atoms with van der Waals surface area (Å²) in [4.78, 5) is 27.6. The number of fused-ring (bicyclic) bond motifs is 1. The molecular weight excluding hydrogens is 258 g/mol. The van der Waals surface area contributed by atoms with Crippen molar-refractivity contribution in [3.05, 3.63) is 32.6 Å². The van der Waals surface area contributed by atoms with Gasteiger partial charge in [0.2, 0.25) is 0 Å². The van der Waals surface area contributed by atoms with Gasteiger partial charge >= 0.3 is 5.69 Å². The minimum atomic E-state index is -0.344. The van der Waals surface area contributed by atoms with Gasteiger partial charge in [0.1, 0.15) is 5.65 Å². The van der Waals surface area contributed by atoms with Crippen LogP contribution in [0.25, 0.3) is 11.0 Å². The van der Waals surface area contributed by atoms with Gasteiger partial charge in [0, 0.05) is 19.8 Å². The van der Waals surface area contributed by atoms with E-state index in [1.165, 1.54) is 9.13 Å². The van der Waals surface area contributed by atoms with Gasteiger partial charge in [-0.15, -0.1) is 0 Å². The summed E-state index contributed by atoms with van der Waals surface area (Å²) in [6, 6.07) is 0. The monoisotopic (exact) mass is 279 g/mol. The van der Waals surface area contributed by atoms with E-state index in [1.54, 1.807) is 20.2 Å². The molecule has 2 rings (SSSR count). The second-order valence-corrected chi connectivity index (χ2v) is 5.34. The number of nitrogens with one attached hydrogen (secondary N) is 1. The molecule has 0 unspecified atom stereocenters. The van der Waals surface area contributed by atoms with Crippen LogP contribution < -0.4 is 11.2 Å². The van der Waals surface area contributed by atoms with Crippen LogP contribution in [0, 0.1) is 6.92 Å². The van der Waals surface area contributed by atoms with Crippen LogP contribution in [-0.2, 0) is 13.6 Å². The van der Waals surface area contributed by atoms with Crippen LogP contribution in [0.3, 0.4) is 0 Å². The van der Waals surface area contributed by atoms with Crippen LogP contribution in [0.2, 0.25) is 0 Å². The van der Waals surface area contributed by atoms with Crippen molar-refractivity contribution in [1.29, 1.82) is 0 Å². The summed E-state index contributed by atoms with van der Waals surface area (Å²) in [5, 5.41) is 9.79. The molecule has 0 aromatic carbocycles. The van der Waals surface area contributed by atoms with Gasteiger partial charge in [0.15, 0.2) is 0 Å². The minimum Gasteiger partial charge on any atom is -0.393 e. The van der Waals surface area contributed by atoms with E-state index in [0.29, 0.717) is 30.4 Å². The zero-order valence-corrected chi connectivity index (χ0v) is 12.1. The lowest BCUT2D eigenvalue weighted by Crippen LogP contribution is -2.39. The number of aliphatic hydroxyl groups excluding tert-OH is 1. The molecular formula is C14H21N3O3. The van der Waals surface area contributed by atoms with Gasteiger partial charge in [0.05, 0.1) is 11.5 Å². The van der Waals surface area contributed by atoms with Crippen LogP contribution >= 0.6 is 0 Å². The molecule has 2 heterocycles. The average Bonchev–Trinajstić information content (AvgIpc) is 2.77. The minimum absolute atomic E-state index is 0.237. The Kier molecular flexibility index (Phi) is 4.13. The van der Waals surface area contributed by atoms with Gasteiger partial charge in [-0.25, -0.2) is 4.79 Å². The molecule has 110 valence electrons. The summed E-state index contributed by atoms with van der Waals surface area (Å²) in [7, 11) is 1.66. The van der Waals surface area contributed by atoms with Crippen LogP contribution in [0.15, 0.2) is 15.8 Å². The summed E-state index contributed by atoms with van der Waals surface area (Å²) in [6.07, 6.45) is 3.57. The van der Waals surface area contributed by atoms with Gasteiger partial charge in [-0.05, 0) is 38.7 Å². The van der Waals surface area contributed by atoms with Crippen LogP contribution in [0.4, 0.5) is 0 Å². The number of aliphatic hydroxyl groups is 1. The smallest absolute Gasteiger partial charge is 0.332 e. The standard InChI is InChI=1S/C14H21N3O3/c1-9-8-15-12-11(9)13(19)17(14(20)16(12)3)7-5-4-6-10(2)18/h8,10,15,18H,4-7H2,1-3H3/t10-/m1/s1. The van der Waals surface area contributed by atoms with Crippen molar-refractivity contribution in [3.63, 3.8) is 0 Å². The van der Waals surface area contributed by atoms with Gasteiger partial charge in [-0.3, -0.25) is 13.9 Å². The molecule has 0 saturated heterocycles. The second-order valence-electron chi connectivity index (χ2n) is 5.34. The second kappa shape index (κ2) is 5.66. The number of aryl methyl sites for hydroxylation is 2. The molecule has 0 saturated carbocycles. The lowest BCUT2D eigenvalue weighted by atomic mass is 10.2. The molecule has 0 amide bonds. The van der Waals surface area contributed by atoms with Gasteiger partial charge in [-0.1, -0.05) is 0 Å². The summed E-state index contributed by atoms with van der Waals surface area (Å²) in [6.45, 7) is 3.97. The summed E-state index contributed by atoms with van der Waals surface area (Å²) < 4.78 is 2.75. The molecule has 0 aliphatic rings. The molecule has 0 bridgehead atoms. The number of rotatable bonds is 5. The highest BCUT2D eigenvalue weighted by molar-refractivity contribution is 5.78. The predicted molar refractivity (Wildman–Crippen MR) is 78.1 cm³/mol. The Morgan fingerprint density at radius 1 is 1.35 bits per heavy atom. The third-order valence-electron chi connectivity index (χ3n) is 3.62. The molecule has 0 aliphatic carbocycles. The first-order valence-corrected chi connectivity index (χ1v) is 6.89. The molecule has 2 aromatic rings. The molecule has 1 atom stereocenters. The Hall–Kier alpha value is -1.82. The zero-order chi connectivity index (χ0) is 14.9. The first-order chi connectivity index (χ1) is 9.43. The normalized spacial score (nSPS) is 13.0. The molecule has 6 heteroatoms. The third kappa shape index (κ3) is 2.56. The topological polar surface area (TPSA) is 80.0 Å². The maximum atomic E-state index is 12.4. The Labute approximate surface area is 116 Å². The Morgan fingerprint density at radius 3 is 2.70 bits per heavy atom. The summed E-state index contributed by atoms with van der Waals surface area (Å²) >= 11 is 0. The van der Waals surface area contributed by atoms with Crippen molar-refractivity contribution in [2.75, 3.05) is 0 Å². The number of unbranched alkanes of at least 4 members (excludes halogenated alkanes) is 1. The number of aromatic nitrogens is 3. The van der Waals surface area contributed by atoms with Crippen molar-refractivity contribution < 1.29 is 5.11 Å². The zero-order valence-electron chi connectivity index (χ0n) is 12.1. The van der Waals surface area contributed by atoms with E-state index in [9.17, 15) is 14.7 Å². The van der Waals surface area contributed by atoms with Gasteiger partial charge in [-0.2, -0.15) is 0 Å². The van der Waals surface area contributed by atoms with E-state index in [0.717, 1.165) is 12.0 Å². The molecule has 0 radical (unpaired) electrons. The maximum absolute atomic E-state index is 12.4. The molecule has 2 aromatic heterocycles. The van der Waals surface area contributed by atoms with Crippen molar-refractivity contribution in [1.82, 2.24) is 14.1 Å². The SMILES string of the molecule is Cc1c[nH]c2c1c(=O)n(CCCC[C@@H](C)O)c(=O)n2C. The Balaban J connectivity index is 2.36. The lowest BCUT2D eigenvalue weighted by Gasteiger charge is -2.09. The largest absolute Gasteiger partial charge is 0.393 e. The van der Waals surface area contributed by atoms with Crippen LogP contribution in [0.5, 0.6) is 0 Å². The molecule has 0 aliphatic heterocycles. The quantitative estimate of drug-likeness (QED) is 0.798. The first-order valence-electron chi connectivity index (χ1n) is 6.89. The van der Waals surface area contributed by atoms with E-state index in [4.69, 9.17) is 0 Å². The predicted octanol–water partition coefficient (Wildman–Crippen LogP) is 0.888. The van der Waals surface area contributed by atoms with Crippen molar-refractivity contribution in [2.45, 2.75) is 45.8 Å². The van der Waals surface area contributed by atoms with Crippen molar-refractivity contribution in [3.8, 4) is 0 Å². The van der Waals surface area contributed by atoms with Gasteiger partial charge < -0.3 is 10.1 Å². The van der Waals surface area contributed by atoms with E-state index in [2.05, 4.69) is 4.98 Å². The fourth-order valence-corrected chi connectivity index (χ4v) is 2.45. The average molecular weight is 279 g/mol. The highest BCUT2D eigenvalue weighted by Gasteiger charge is 2.13. The number of nitrogens with zero attached hydrogens (tertiary/aromatic N) is 2. The number of aromatic amines is 1. The van der Waals surface area contributed by atoms with Crippen molar-refractivity contribution >= 4 is 11.0 Å². The maximum Gasteiger partial charge on any atom is 0.332 e. The third-order valence-corrected chi connectivity index (χ3v) is 3.62. The Morgan fingerprint density at radius 2 is 2.05 bits per heavy atom. The van der Waals surface area contributed by atoms with Gasteiger partial charge in [0.25, 0.3) is 5.56 Å². The summed E-state index contributed by atoms with van der Waals surface area (Å²) in [5.74, 6) is 0. The van der Waals surface area contributed by atoms with Crippen LogP contribution in [0.1, 0.15) is 31.7 Å². The number of H-pyrrole nitrogens is 1. The molecule has 20 heavy (non-hydrogen) atoms. The van der Waals surface area contributed by atoms with E-state index >= 15 is 0 Å². The van der Waals surface area contributed by atoms with Crippen molar-refractivity contribution in [2.24, 2.45) is 7.05 Å². The highest BCUT2D eigenvalue weighted by Crippen LogP contribution is 2.10. The van der Waals surface area contributed by atoms with E-state index in [1.807, 2.05) is 6.92 Å². The number of hydrogen-bond acceptors (Lipinski definition) is 3. The number of hydrogen-bond donors (Lipinski definition) is 2. The molecule has 6 nitrogen and oxygen atoms in total. The molecule has 2 N–H and O–H groups in total. The molecule has 0 spiro atoms. The van der Waals surface area contributed by atoms with Crippen LogP contribution in [-0.4, -0.2) is 25.3 Å². The highest BCUT2D eigenvalue weighted by atomic mass is 16.3. The fourth-order valence-electron chi connectivity index (χ4n) is 2.45.